The number of nitrogens with zero attached hydrogens (tertiary/aromatic N) is 1. The monoisotopic (exact) mass is 308 g/mol. The van der Waals surface area contributed by atoms with Crippen LogP contribution in [0.15, 0.2) is 0 Å². The number of nitrogens with one attached hydrogen (secondary N) is 1. The molecule has 4 atom stereocenters. The first kappa shape index (κ1) is 15.3. The molecule has 0 aromatic rings. The Morgan fingerprint density at radius 3 is 2.23 bits per heavy atom. The summed E-state index contributed by atoms with van der Waals surface area (Å²) in [5.74, 6) is 0.549. The Morgan fingerprint density at radius 2 is 1.73 bits per heavy atom. The molecule has 0 spiro atoms. The van der Waals surface area contributed by atoms with Gasteiger partial charge in [-0.3, -0.25) is 14.5 Å². The van der Waals surface area contributed by atoms with Crippen molar-refractivity contribution in [1.82, 2.24) is 10.2 Å². The van der Waals surface area contributed by atoms with Crippen LogP contribution in [0.4, 0.5) is 4.79 Å². The maximum absolute atomic E-state index is 12.5. The van der Waals surface area contributed by atoms with Crippen molar-refractivity contribution in [2.75, 3.05) is 13.1 Å². The molecule has 2 bridgehead atoms. The Kier molecular flexibility index (Phi) is 3.65. The number of fused-ring (bicyclic) bond motifs is 5. The molecule has 6 nitrogen and oxygen atoms in total. The van der Waals surface area contributed by atoms with Crippen molar-refractivity contribution < 1.29 is 19.1 Å². The van der Waals surface area contributed by atoms with Crippen LogP contribution in [-0.2, 0) is 14.3 Å². The molecule has 0 aromatic carbocycles. The number of carbonyl (C=O) groups is 3. The molecule has 0 radical (unpaired) electrons. The van der Waals surface area contributed by atoms with Gasteiger partial charge in [0.05, 0.1) is 11.8 Å². The first-order chi connectivity index (χ1) is 10.3. The molecule has 2 aliphatic carbocycles. The average molecular weight is 308 g/mol. The maximum atomic E-state index is 12.5. The van der Waals surface area contributed by atoms with Gasteiger partial charge in [-0.1, -0.05) is 0 Å². The van der Waals surface area contributed by atoms with Gasteiger partial charge in [-0.2, -0.15) is 0 Å². The molecule has 2 saturated carbocycles. The van der Waals surface area contributed by atoms with E-state index >= 15 is 0 Å². The lowest BCUT2D eigenvalue weighted by Crippen LogP contribution is -2.41. The van der Waals surface area contributed by atoms with E-state index in [0.717, 1.165) is 19.3 Å². The number of ether oxygens (including phenoxy) is 1. The highest BCUT2D eigenvalue weighted by molar-refractivity contribution is 6.06. The van der Waals surface area contributed by atoms with E-state index in [1.54, 1.807) is 20.8 Å². The number of carbonyl (C=O) groups excluding carboxylic acids is 3. The molecule has 22 heavy (non-hydrogen) atoms. The van der Waals surface area contributed by atoms with Crippen molar-refractivity contribution in [2.24, 2.45) is 23.7 Å². The highest BCUT2D eigenvalue weighted by Gasteiger charge is 2.60. The normalized spacial score (nSPS) is 33.3. The van der Waals surface area contributed by atoms with E-state index in [-0.39, 0.29) is 36.7 Å². The molecule has 3 fully saturated rings. The number of hydrogen-bond acceptors (Lipinski definition) is 4. The summed E-state index contributed by atoms with van der Waals surface area (Å²) in [7, 11) is 0. The minimum atomic E-state index is -0.556. The first-order valence-corrected chi connectivity index (χ1v) is 8.10. The van der Waals surface area contributed by atoms with E-state index in [1.807, 2.05) is 0 Å². The van der Waals surface area contributed by atoms with Crippen molar-refractivity contribution in [1.29, 1.82) is 0 Å². The molecule has 1 aliphatic heterocycles. The largest absolute Gasteiger partial charge is 0.444 e. The lowest BCUT2D eigenvalue weighted by molar-refractivity contribution is -0.140. The Bertz CT molecular complexity index is 483. The first-order valence-electron chi connectivity index (χ1n) is 8.10. The third-order valence-electron chi connectivity index (χ3n) is 5.02. The third kappa shape index (κ3) is 2.59. The highest BCUT2D eigenvalue weighted by Crippen LogP contribution is 2.55. The standard InChI is InChI=1S/C16H24N2O4/c1-16(2,3)22-15(21)17-6-7-18-13(19)11-9-4-5-10(8-9)12(11)14(18)20/h9-12H,4-8H2,1-3H3,(H,17,21)/t9-,10-,11-,12?/m1/s1. The quantitative estimate of drug-likeness (QED) is 0.803. The molecule has 6 heteroatoms. The second-order valence-electron chi connectivity index (χ2n) is 7.64. The van der Waals surface area contributed by atoms with E-state index in [9.17, 15) is 14.4 Å². The molecule has 3 amide bonds. The van der Waals surface area contributed by atoms with Crippen LogP contribution in [0.3, 0.4) is 0 Å². The molecule has 1 heterocycles. The maximum Gasteiger partial charge on any atom is 0.407 e. The van der Waals surface area contributed by atoms with Crippen molar-refractivity contribution >= 4 is 17.9 Å². The fourth-order valence-electron chi connectivity index (χ4n) is 4.27. The SMILES string of the molecule is CC(C)(C)OC(=O)NCCN1C(=O)C2[C@@H]3CC[C@H](C3)[C@H]2C1=O. The van der Waals surface area contributed by atoms with Gasteiger partial charge in [0.15, 0.2) is 0 Å². The van der Waals surface area contributed by atoms with E-state index in [1.165, 1.54) is 4.90 Å². The molecular weight excluding hydrogens is 284 g/mol. The van der Waals surface area contributed by atoms with Gasteiger partial charge in [0.25, 0.3) is 0 Å². The van der Waals surface area contributed by atoms with Crippen molar-refractivity contribution in [3.63, 3.8) is 0 Å². The number of rotatable bonds is 3. The van der Waals surface area contributed by atoms with Crippen LogP contribution >= 0.6 is 0 Å². The summed E-state index contributed by atoms with van der Waals surface area (Å²) in [6.45, 7) is 5.84. The van der Waals surface area contributed by atoms with Crippen LogP contribution < -0.4 is 5.32 Å². The summed E-state index contributed by atoms with van der Waals surface area (Å²) in [5, 5.41) is 2.60. The lowest BCUT2D eigenvalue weighted by Gasteiger charge is -2.21. The zero-order valence-electron chi connectivity index (χ0n) is 13.4. The molecule has 122 valence electrons. The number of hydrogen-bond donors (Lipinski definition) is 1. The van der Waals surface area contributed by atoms with E-state index in [2.05, 4.69) is 5.32 Å². The van der Waals surface area contributed by atoms with Gasteiger partial charge < -0.3 is 10.1 Å². The van der Waals surface area contributed by atoms with Gasteiger partial charge in [0.1, 0.15) is 5.60 Å². The number of alkyl carbamates (subject to hydrolysis) is 1. The molecular formula is C16H24N2O4. The summed E-state index contributed by atoms with van der Waals surface area (Å²) < 4.78 is 5.14. The zero-order valence-corrected chi connectivity index (χ0v) is 13.4. The van der Waals surface area contributed by atoms with Gasteiger partial charge in [0, 0.05) is 13.1 Å². The summed E-state index contributed by atoms with van der Waals surface area (Å²) in [4.78, 5) is 37.8. The topological polar surface area (TPSA) is 75.7 Å². The van der Waals surface area contributed by atoms with Gasteiger partial charge >= 0.3 is 6.09 Å². The summed E-state index contributed by atoms with van der Waals surface area (Å²) in [6.07, 6.45) is 2.67. The molecule has 1 saturated heterocycles. The number of imide groups is 1. The third-order valence-corrected chi connectivity index (χ3v) is 5.02. The molecule has 1 unspecified atom stereocenters. The van der Waals surface area contributed by atoms with E-state index in [0.29, 0.717) is 11.8 Å². The van der Waals surface area contributed by atoms with E-state index < -0.39 is 11.7 Å². The van der Waals surface area contributed by atoms with Crippen LogP contribution in [0, 0.1) is 23.7 Å². The van der Waals surface area contributed by atoms with E-state index in [4.69, 9.17) is 4.74 Å². The Balaban J connectivity index is 1.53. The minimum absolute atomic E-state index is 0.0341. The Labute approximate surface area is 130 Å². The smallest absolute Gasteiger partial charge is 0.407 e. The fraction of sp³-hybridized carbons (Fsp3) is 0.812. The number of amides is 3. The summed E-state index contributed by atoms with van der Waals surface area (Å²) >= 11 is 0. The van der Waals surface area contributed by atoms with Gasteiger partial charge in [-0.05, 0) is 51.9 Å². The van der Waals surface area contributed by atoms with Crippen LogP contribution in [0.1, 0.15) is 40.0 Å². The Hall–Kier alpha value is -1.59. The molecule has 3 aliphatic rings. The second-order valence-corrected chi connectivity index (χ2v) is 7.64. The van der Waals surface area contributed by atoms with Crippen LogP contribution in [0.25, 0.3) is 0 Å². The fourth-order valence-corrected chi connectivity index (χ4v) is 4.27. The van der Waals surface area contributed by atoms with Crippen LogP contribution in [0.2, 0.25) is 0 Å². The lowest BCUT2D eigenvalue weighted by atomic mass is 9.81. The predicted octanol–water partition coefficient (Wildman–Crippen LogP) is 1.54. The second kappa shape index (κ2) is 5.25. The van der Waals surface area contributed by atoms with Crippen LogP contribution in [-0.4, -0.2) is 41.5 Å². The van der Waals surface area contributed by atoms with Gasteiger partial charge in [0.2, 0.25) is 11.8 Å². The zero-order chi connectivity index (χ0) is 16.1. The highest BCUT2D eigenvalue weighted by atomic mass is 16.6. The summed E-state index contributed by atoms with van der Waals surface area (Å²) in [6, 6.07) is 0. The van der Waals surface area contributed by atoms with Crippen molar-refractivity contribution in [3.05, 3.63) is 0 Å². The summed E-state index contributed by atoms with van der Waals surface area (Å²) in [5.41, 5.74) is -0.556. The number of likely N-dealkylation sites (tertiary alicyclic amines) is 1. The molecule has 3 rings (SSSR count). The predicted molar refractivity (Wildman–Crippen MR) is 78.8 cm³/mol. The van der Waals surface area contributed by atoms with Gasteiger partial charge in [-0.25, -0.2) is 4.79 Å². The van der Waals surface area contributed by atoms with Crippen molar-refractivity contribution in [2.45, 2.75) is 45.6 Å². The molecule has 0 aromatic heterocycles. The van der Waals surface area contributed by atoms with Gasteiger partial charge in [-0.15, -0.1) is 0 Å². The molecule has 1 N–H and O–H groups in total. The van der Waals surface area contributed by atoms with Crippen molar-refractivity contribution in [3.8, 4) is 0 Å². The average Bonchev–Trinajstić information content (AvgIpc) is 3.05. The minimum Gasteiger partial charge on any atom is -0.444 e. The van der Waals surface area contributed by atoms with Crippen LogP contribution in [0.5, 0.6) is 0 Å². The Morgan fingerprint density at radius 1 is 1.18 bits per heavy atom.